The monoisotopic (exact) mass is 320 g/mol. The van der Waals surface area contributed by atoms with Crippen molar-refractivity contribution in [3.05, 3.63) is 57.8 Å². The van der Waals surface area contributed by atoms with Crippen molar-refractivity contribution in [2.75, 3.05) is 7.05 Å². The lowest BCUT2D eigenvalue weighted by Gasteiger charge is -2.12. The van der Waals surface area contributed by atoms with E-state index in [0.29, 0.717) is 13.2 Å². The molecule has 0 saturated carbocycles. The number of hydrogen-bond donors (Lipinski definition) is 1. The molecule has 0 aliphatic heterocycles. The zero-order valence-electron chi connectivity index (χ0n) is 11.1. The van der Waals surface area contributed by atoms with Crippen LogP contribution in [0.15, 0.2) is 40.9 Å². The molecule has 0 aliphatic carbocycles. The highest BCUT2D eigenvalue weighted by molar-refractivity contribution is 9.10. The summed E-state index contributed by atoms with van der Waals surface area (Å²) in [4.78, 5) is 4.50. The number of rotatable bonds is 5. The molecule has 2 aromatic rings. The van der Waals surface area contributed by atoms with E-state index in [1.165, 1.54) is 0 Å². The Morgan fingerprint density at radius 1 is 1.21 bits per heavy atom. The quantitative estimate of drug-likeness (QED) is 0.916. The minimum Gasteiger partial charge on any atom is -0.487 e. The third-order valence-corrected chi connectivity index (χ3v) is 3.53. The highest BCUT2D eigenvalue weighted by Crippen LogP contribution is 2.21. The van der Waals surface area contributed by atoms with Gasteiger partial charge in [-0.3, -0.25) is 4.98 Å². The number of halogens is 1. The molecule has 19 heavy (non-hydrogen) atoms. The lowest BCUT2D eigenvalue weighted by atomic mass is 10.2. The van der Waals surface area contributed by atoms with E-state index in [4.69, 9.17) is 4.74 Å². The average molecular weight is 321 g/mol. The number of nitrogens with zero attached hydrogens (tertiary/aromatic N) is 1. The lowest BCUT2D eigenvalue weighted by Crippen LogP contribution is -2.10. The Balaban J connectivity index is 2.13. The molecule has 100 valence electrons. The smallest absolute Gasteiger partial charge is 0.142 e. The van der Waals surface area contributed by atoms with Crippen LogP contribution >= 0.6 is 15.9 Å². The van der Waals surface area contributed by atoms with Crippen LogP contribution in [0.25, 0.3) is 0 Å². The molecule has 1 heterocycles. The van der Waals surface area contributed by atoms with E-state index in [2.05, 4.69) is 26.2 Å². The van der Waals surface area contributed by atoms with Gasteiger partial charge in [-0.25, -0.2) is 0 Å². The van der Waals surface area contributed by atoms with Gasteiger partial charge in [0.05, 0.1) is 5.69 Å². The van der Waals surface area contributed by atoms with Crippen LogP contribution in [0.2, 0.25) is 0 Å². The summed E-state index contributed by atoms with van der Waals surface area (Å²) in [6.45, 7) is 3.21. The van der Waals surface area contributed by atoms with E-state index in [-0.39, 0.29) is 0 Å². The lowest BCUT2D eigenvalue weighted by molar-refractivity contribution is 0.299. The Morgan fingerprint density at radius 3 is 2.74 bits per heavy atom. The predicted molar refractivity (Wildman–Crippen MR) is 80.2 cm³/mol. The van der Waals surface area contributed by atoms with Crippen molar-refractivity contribution >= 4 is 15.9 Å². The topological polar surface area (TPSA) is 34.2 Å². The molecule has 0 aliphatic rings. The van der Waals surface area contributed by atoms with E-state index in [9.17, 15) is 0 Å². The molecule has 0 spiro atoms. The van der Waals surface area contributed by atoms with E-state index < -0.39 is 0 Å². The van der Waals surface area contributed by atoms with Gasteiger partial charge in [-0.15, -0.1) is 0 Å². The van der Waals surface area contributed by atoms with Gasteiger partial charge in [0, 0.05) is 22.3 Å². The summed E-state index contributed by atoms with van der Waals surface area (Å²) in [6.07, 6.45) is 0. The average Bonchev–Trinajstić information content (AvgIpc) is 2.40. The minimum absolute atomic E-state index is 0.531. The largest absolute Gasteiger partial charge is 0.487 e. The van der Waals surface area contributed by atoms with Crippen LogP contribution in [0.4, 0.5) is 0 Å². The molecule has 0 radical (unpaired) electrons. The number of aryl methyl sites for hydroxylation is 1. The van der Waals surface area contributed by atoms with Gasteiger partial charge in [0.1, 0.15) is 12.4 Å². The van der Waals surface area contributed by atoms with Crippen molar-refractivity contribution in [2.45, 2.75) is 20.1 Å². The van der Waals surface area contributed by atoms with Gasteiger partial charge in [0.15, 0.2) is 0 Å². The number of nitrogens with one attached hydrogen (secondary N) is 1. The molecular formula is C15H17BrN2O. The second kappa shape index (κ2) is 6.68. The fraction of sp³-hybridized carbons (Fsp3) is 0.267. The standard InChI is InChI=1S/C15H17BrN2O/c1-11-7-8-15(14(18-11)9-17-2)19-10-12-5-3-4-6-13(12)16/h3-8,17H,9-10H2,1-2H3. The van der Waals surface area contributed by atoms with Gasteiger partial charge in [-0.05, 0) is 32.2 Å². The fourth-order valence-electron chi connectivity index (χ4n) is 1.79. The second-order valence-corrected chi connectivity index (χ2v) is 5.16. The molecule has 0 saturated heterocycles. The Hall–Kier alpha value is -1.39. The summed E-state index contributed by atoms with van der Waals surface area (Å²) < 4.78 is 6.94. The van der Waals surface area contributed by atoms with Crippen LogP contribution in [-0.4, -0.2) is 12.0 Å². The Labute approximate surface area is 122 Å². The van der Waals surface area contributed by atoms with E-state index >= 15 is 0 Å². The first-order valence-corrected chi connectivity index (χ1v) is 6.97. The van der Waals surface area contributed by atoms with Crippen LogP contribution in [-0.2, 0) is 13.2 Å². The molecule has 4 heteroatoms. The summed E-state index contributed by atoms with van der Waals surface area (Å²) in [5.41, 5.74) is 3.06. The first kappa shape index (κ1) is 14.0. The molecule has 1 aromatic heterocycles. The summed E-state index contributed by atoms with van der Waals surface area (Å²) in [7, 11) is 1.90. The normalized spacial score (nSPS) is 10.5. The minimum atomic E-state index is 0.531. The Bertz CT molecular complexity index is 558. The van der Waals surface area contributed by atoms with Crippen molar-refractivity contribution < 1.29 is 4.74 Å². The van der Waals surface area contributed by atoms with Crippen molar-refractivity contribution in [1.29, 1.82) is 0 Å². The van der Waals surface area contributed by atoms with Crippen LogP contribution in [0.5, 0.6) is 5.75 Å². The third kappa shape index (κ3) is 3.78. The maximum absolute atomic E-state index is 5.88. The molecule has 0 fully saturated rings. The molecule has 0 unspecified atom stereocenters. The predicted octanol–water partition coefficient (Wildman–Crippen LogP) is 3.45. The number of benzene rings is 1. The van der Waals surface area contributed by atoms with Crippen molar-refractivity contribution in [3.8, 4) is 5.75 Å². The zero-order chi connectivity index (χ0) is 13.7. The fourth-order valence-corrected chi connectivity index (χ4v) is 2.19. The molecule has 0 bridgehead atoms. The first-order valence-electron chi connectivity index (χ1n) is 6.18. The molecule has 0 atom stereocenters. The van der Waals surface area contributed by atoms with E-state index in [1.807, 2.05) is 50.4 Å². The summed E-state index contributed by atoms with van der Waals surface area (Å²) >= 11 is 3.52. The van der Waals surface area contributed by atoms with Gasteiger partial charge in [0.2, 0.25) is 0 Å². The Morgan fingerprint density at radius 2 is 2.00 bits per heavy atom. The highest BCUT2D eigenvalue weighted by atomic mass is 79.9. The van der Waals surface area contributed by atoms with Gasteiger partial charge >= 0.3 is 0 Å². The maximum Gasteiger partial charge on any atom is 0.142 e. The van der Waals surface area contributed by atoms with Crippen molar-refractivity contribution in [1.82, 2.24) is 10.3 Å². The maximum atomic E-state index is 5.88. The van der Waals surface area contributed by atoms with Gasteiger partial charge in [0.25, 0.3) is 0 Å². The second-order valence-electron chi connectivity index (χ2n) is 4.31. The summed E-state index contributed by atoms with van der Waals surface area (Å²) in [6, 6.07) is 12.0. The van der Waals surface area contributed by atoms with E-state index in [1.54, 1.807) is 0 Å². The van der Waals surface area contributed by atoms with Crippen molar-refractivity contribution in [2.24, 2.45) is 0 Å². The van der Waals surface area contributed by atoms with Gasteiger partial charge < -0.3 is 10.1 Å². The summed E-state index contributed by atoms with van der Waals surface area (Å²) in [5, 5.41) is 3.11. The third-order valence-electron chi connectivity index (χ3n) is 2.76. The molecule has 2 rings (SSSR count). The zero-order valence-corrected chi connectivity index (χ0v) is 12.7. The molecule has 1 aromatic carbocycles. The first-order chi connectivity index (χ1) is 9.20. The highest BCUT2D eigenvalue weighted by Gasteiger charge is 2.06. The number of aromatic nitrogens is 1. The van der Waals surface area contributed by atoms with Crippen molar-refractivity contribution in [3.63, 3.8) is 0 Å². The molecule has 0 amide bonds. The number of hydrogen-bond acceptors (Lipinski definition) is 3. The van der Waals surface area contributed by atoms with Gasteiger partial charge in [-0.2, -0.15) is 0 Å². The van der Waals surface area contributed by atoms with Crippen LogP contribution < -0.4 is 10.1 Å². The van der Waals surface area contributed by atoms with Crippen LogP contribution in [0.1, 0.15) is 17.0 Å². The Kier molecular flexibility index (Phi) is 4.93. The summed E-state index contributed by atoms with van der Waals surface area (Å²) in [5.74, 6) is 0.829. The molecular weight excluding hydrogens is 304 g/mol. The number of pyridine rings is 1. The molecule has 1 N–H and O–H groups in total. The van der Waals surface area contributed by atoms with Gasteiger partial charge in [-0.1, -0.05) is 34.1 Å². The number of ether oxygens (including phenoxy) is 1. The van der Waals surface area contributed by atoms with Crippen LogP contribution in [0.3, 0.4) is 0 Å². The van der Waals surface area contributed by atoms with Crippen LogP contribution in [0, 0.1) is 6.92 Å². The van der Waals surface area contributed by atoms with E-state index in [0.717, 1.165) is 27.2 Å². The molecule has 3 nitrogen and oxygen atoms in total. The SMILES string of the molecule is CNCc1nc(C)ccc1OCc1ccccc1Br.